The normalized spacial score (nSPS) is 17.4. The third kappa shape index (κ3) is 4.53. The van der Waals surface area contributed by atoms with Crippen LogP contribution in [0.3, 0.4) is 0 Å². The molecule has 2 aromatic carbocycles. The van der Waals surface area contributed by atoms with Crippen LogP contribution in [0, 0.1) is 0 Å². The molecule has 2 aliphatic rings. The van der Waals surface area contributed by atoms with Crippen molar-refractivity contribution in [2.24, 2.45) is 0 Å². The summed E-state index contributed by atoms with van der Waals surface area (Å²) in [5, 5.41) is 2.87. The van der Waals surface area contributed by atoms with E-state index in [1.54, 1.807) is 84.7 Å². The highest BCUT2D eigenvalue weighted by atomic mass is 16.5. The minimum Gasteiger partial charge on any atom is -0.497 e. The molecule has 1 aromatic heterocycles. The number of carbonyl (C=O) groups excluding carboxylic acids is 4. The Kier molecular flexibility index (Phi) is 7.20. The van der Waals surface area contributed by atoms with Crippen molar-refractivity contribution < 1.29 is 33.1 Å². The van der Waals surface area contributed by atoms with Crippen molar-refractivity contribution in [3.8, 4) is 11.5 Å². The highest BCUT2D eigenvalue weighted by molar-refractivity contribution is 6.12. The van der Waals surface area contributed by atoms with Gasteiger partial charge in [-0.15, -0.1) is 0 Å². The van der Waals surface area contributed by atoms with Gasteiger partial charge in [-0.3, -0.25) is 14.4 Å². The highest BCUT2D eigenvalue weighted by Gasteiger charge is 2.56. The van der Waals surface area contributed by atoms with Gasteiger partial charge in [0.25, 0.3) is 11.8 Å². The summed E-state index contributed by atoms with van der Waals surface area (Å²) >= 11 is 0. The van der Waals surface area contributed by atoms with Gasteiger partial charge in [-0.25, -0.2) is 9.69 Å². The summed E-state index contributed by atoms with van der Waals surface area (Å²) in [4.78, 5) is 57.9. The number of imide groups is 1. The van der Waals surface area contributed by atoms with E-state index in [-0.39, 0.29) is 30.7 Å². The van der Waals surface area contributed by atoms with Gasteiger partial charge in [-0.2, -0.15) is 0 Å². The Morgan fingerprint density at radius 1 is 0.850 bits per heavy atom. The van der Waals surface area contributed by atoms with Gasteiger partial charge in [0, 0.05) is 26.2 Å². The first kappa shape index (κ1) is 26.8. The van der Waals surface area contributed by atoms with Crippen LogP contribution in [0.15, 0.2) is 71.3 Å². The van der Waals surface area contributed by atoms with Crippen molar-refractivity contribution in [1.29, 1.82) is 0 Å². The van der Waals surface area contributed by atoms with E-state index in [4.69, 9.17) is 13.9 Å². The van der Waals surface area contributed by atoms with Gasteiger partial charge in [-0.1, -0.05) is 24.3 Å². The molecule has 0 aliphatic carbocycles. The first-order valence-corrected chi connectivity index (χ1v) is 12.9. The molecule has 5 amide bonds. The number of furan rings is 1. The van der Waals surface area contributed by atoms with E-state index < -0.39 is 23.5 Å². The third-order valence-corrected chi connectivity index (χ3v) is 7.45. The predicted molar refractivity (Wildman–Crippen MR) is 143 cm³/mol. The van der Waals surface area contributed by atoms with Crippen LogP contribution < -0.4 is 14.8 Å². The Bertz CT molecular complexity index is 1350. The third-order valence-electron chi connectivity index (χ3n) is 7.45. The van der Waals surface area contributed by atoms with Gasteiger partial charge >= 0.3 is 6.03 Å². The molecule has 40 heavy (non-hydrogen) atoms. The maximum absolute atomic E-state index is 14.2. The fraction of sp³-hybridized carbons (Fsp3) is 0.310. The number of methoxy groups -OCH3 is 2. The number of benzene rings is 2. The largest absolute Gasteiger partial charge is 0.497 e. The molecule has 5 rings (SSSR count). The fourth-order valence-corrected chi connectivity index (χ4v) is 5.20. The Labute approximate surface area is 231 Å². The number of nitrogens with zero attached hydrogens (tertiary/aromatic N) is 3. The summed E-state index contributed by atoms with van der Waals surface area (Å²) in [5.74, 6) is 0.226. The summed E-state index contributed by atoms with van der Waals surface area (Å²) < 4.78 is 15.7. The molecule has 2 fully saturated rings. The summed E-state index contributed by atoms with van der Waals surface area (Å²) in [7, 11) is 3.08. The molecule has 0 radical (unpaired) electrons. The monoisotopic (exact) mass is 546 g/mol. The molecule has 2 saturated heterocycles. The van der Waals surface area contributed by atoms with Crippen molar-refractivity contribution in [3.05, 3.63) is 83.8 Å². The topological polar surface area (TPSA) is 122 Å². The number of amides is 5. The lowest BCUT2D eigenvalue weighted by Gasteiger charge is -2.36. The lowest BCUT2D eigenvalue weighted by Crippen LogP contribution is -2.56. The van der Waals surface area contributed by atoms with Crippen LogP contribution in [-0.2, 0) is 15.1 Å². The van der Waals surface area contributed by atoms with Crippen LogP contribution in [0.1, 0.15) is 28.6 Å². The van der Waals surface area contributed by atoms with Crippen molar-refractivity contribution >= 4 is 23.8 Å². The Balaban J connectivity index is 1.39. The first-order chi connectivity index (χ1) is 19.3. The maximum atomic E-state index is 14.2. The second-order valence-electron chi connectivity index (χ2n) is 9.58. The number of hydrogen-bond donors (Lipinski definition) is 1. The van der Waals surface area contributed by atoms with E-state index in [1.165, 1.54) is 13.2 Å². The second-order valence-corrected chi connectivity index (χ2v) is 9.58. The van der Waals surface area contributed by atoms with Crippen LogP contribution >= 0.6 is 0 Å². The molecular formula is C29H30N4O7. The van der Waals surface area contributed by atoms with Gasteiger partial charge in [0.05, 0.1) is 20.5 Å². The molecule has 0 bridgehead atoms. The Morgan fingerprint density at radius 2 is 1.38 bits per heavy atom. The van der Waals surface area contributed by atoms with Gasteiger partial charge in [-0.05, 0) is 54.4 Å². The molecule has 3 heterocycles. The molecule has 208 valence electrons. The number of piperazine rings is 1. The van der Waals surface area contributed by atoms with E-state index in [0.717, 1.165) is 4.90 Å². The molecule has 0 unspecified atom stereocenters. The number of carbonyl (C=O) groups is 4. The average molecular weight is 547 g/mol. The highest BCUT2D eigenvalue weighted by Crippen LogP contribution is 2.38. The molecule has 1 N–H and O–H groups in total. The van der Waals surface area contributed by atoms with E-state index in [0.29, 0.717) is 35.7 Å². The van der Waals surface area contributed by atoms with Crippen molar-refractivity contribution in [3.63, 3.8) is 0 Å². The van der Waals surface area contributed by atoms with Crippen LogP contribution in [0.4, 0.5) is 4.79 Å². The Hall–Kier alpha value is -4.80. The van der Waals surface area contributed by atoms with Crippen molar-refractivity contribution in [1.82, 2.24) is 20.0 Å². The van der Waals surface area contributed by atoms with Gasteiger partial charge < -0.3 is 29.0 Å². The van der Waals surface area contributed by atoms with E-state index in [2.05, 4.69) is 5.32 Å². The quantitative estimate of drug-likeness (QED) is 0.452. The molecule has 3 aromatic rings. The summed E-state index contributed by atoms with van der Waals surface area (Å²) in [6.45, 7) is 2.68. The molecule has 1 atom stereocenters. The fourth-order valence-electron chi connectivity index (χ4n) is 5.20. The standard InChI is InChI=1S/C29H30N4O7/c1-19(25(34)31-14-16-32(17-15-31)26(35)24-5-4-18-40-24)33-27(36)29(30-28(33)37,20-6-10-22(38-2)11-7-20)21-8-12-23(39-3)13-9-21/h4-13,18-19H,14-17H2,1-3H3,(H,30,37)/t19-/m1/s1. The van der Waals surface area contributed by atoms with Gasteiger partial charge in [0.1, 0.15) is 17.5 Å². The number of ether oxygens (including phenoxy) is 2. The number of nitrogens with one attached hydrogen (secondary N) is 1. The van der Waals surface area contributed by atoms with Crippen LogP contribution in [0.25, 0.3) is 0 Å². The Morgan fingerprint density at radius 3 is 1.85 bits per heavy atom. The SMILES string of the molecule is COc1ccc(C2(c3ccc(OC)cc3)NC(=O)N([C@H](C)C(=O)N3CCN(C(=O)c4ccco4)CC3)C2=O)cc1. The van der Waals surface area contributed by atoms with Crippen LogP contribution in [0.5, 0.6) is 11.5 Å². The molecule has 0 spiro atoms. The van der Waals surface area contributed by atoms with E-state index in [9.17, 15) is 19.2 Å². The van der Waals surface area contributed by atoms with E-state index in [1.807, 2.05) is 0 Å². The molecule has 11 heteroatoms. The van der Waals surface area contributed by atoms with Crippen LogP contribution in [0.2, 0.25) is 0 Å². The summed E-state index contributed by atoms with van der Waals surface area (Å²) in [5.41, 5.74) is -0.522. The number of rotatable bonds is 7. The first-order valence-electron chi connectivity index (χ1n) is 12.9. The summed E-state index contributed by atoms with van der Waals surface area (Å²) in [6.07, 6.45) is 1.44. The van der Waals surface area contributed by atoms with Crippen LogP contribution in [-0.4, -0.2) is 84.9 Å². The second kappa shape index (κ2) is 10.8. The molecular weight excluding hydrogens is 516 g/mol. The predicted octanol–water partition coefficient (Wildman–Crippen LogP) is 2.47. The van der Waals surface area contributed by atoms with Gasteiger partial charge in [0.2, 0.25) is 5.91 Å². The summed E-state index contributed by atoms with van der Waals surface area (Å²) in [6, 6.07) is 15.2. The zero-order valence-corrected chi connectivity index (χ0v) is 22.5. The molecule has 2 aliphatic heterocycles. The smallest absolute Gasteiger partial charge is 0.326 e. The molecule has 0 saturated carbocycles. The van der Waals surface area contributed by atoms with Crippen molar-refractivity contribution in [2.45, 2.75) is 18.5 Å². The lowest BCUT2D eigenvalue weighted by molar-refractivity contribution is -0.143. The zero-order valence-electron chi connectivity index (χ0n) is 22.5. The zero-order chi connectivity index (χ0) is 28.4. The lowest BCUT2D eigenvalue weighted by atomic mass is 9.82. The number of urea groups is 1. The minimum atomic E-state index is -1.56. The minimum absolute atomic E-state index is 0.237. The molecule has 11 nitrogen and oxygen atoms in total. The van der Waals surface area contributed by atoms with Crippen molar-refractivity contribution in [2.75, 3.05) is 40.4 Å². The number of hydrogen-bond acceptors (Lipinski definition) is 7. The van der Waals surface area contributed by atoms with E-state index >= 15 is 0 Å². The average Bonchev–Trinajstić information content (AvgIpc) is 3.63. The maximum Gasteiger partial charge on any atom is 0.326 e. The van der Waals surface area contributed by atoms with Gasteiger partial charge in [0.15, 0.2) is 11.3 Å².